The summed E-state index contributed by atoms with van der Waals surface area (Å²) in [6.07, 6.45) is 5.29. The molecule has 1 aliphatic heterocycles. The molecule has 0 unspecified atom stereocenters. The fourth-order valence-corrected chi connectivity index (χ4v) is 2.62. The van der Waals surface area contributed by atoms with E-state index < -0.39 is 0 Å². The zero-order chi connectivity index (χ0) is 15.2. The quantitative estimate of drug-likeness (QED) is 0.943. The molecule has 2 heterocycles. The minimum absolute atomic E-state index is 0.0906. The molecule has 0 aliphatic carbocycles. The first-order valence-electron chi connectivity index (χ1n) is 7.48. The van der Waals surface area contributed by atoms with E-state index in [0.29, 0.717) is 12.3 Å². The van der Waals surface area contributed by atoms with Crippen molar-refractivity contribution in [2.24, 2.45) is 0 Å². The van der Waals surface area contributed by atoms with Crippen molar-refractivity contribution >= 4 is 11.7 Å². The lowest BCUT2D eigenvalue weighted by molar-refractivity contribution is 0.176. The third-order valence-electron chi connectivity index (χ3n) is 3.74. The molecule has 1 saturated heterocycles. The number of nitrogens with zero attached hydrogens (tertiary/aromatic N) is 2. The molecule has 5 nitrogen and oxygen atoms in total. The molecule has 1 aliphatic rings. The van der Waals surface area contributed by atoms with Gasteiger partial charge in [-0.1, -0.05) is 18.2 Å². The Labute approximate surface area is 129 Å². The largest absolute Gasteiger partial charge is 0.491 e. The predicted octanol–water partition coefficient (Wildman–Crippen LogP) is 3.16. The van der Waals surface area contributed by atoms with Crippen molar-refractivity contribution in [1.29, 1.82) is 0 Å². The number of ether oxygens (including phenoxy) is 1. The number of rotatable bonds is 4. The molecule has 5 heteroatoms. The number of pyridine rings is 1. The van der Waals surface area contributed by atoms with Gasteiger partial charge in [0.05, 0.1) is 17.9 Å². The summed E-state index contributed by atoms with van der Waals surface area (Å²) in [5, 5.41) is 2.88. The molecule has 0 bridgehead atoms. The smallest absolute Gasteiger partial charge is 0.322 e. The fourth-order valence-electron chi connectivity index (χ4n) is 2.62. The van der Waals surface area contributed by atoms with E-state index in [9.17, 15) is 4.79 Å². The second kappa shape index (κ2) is 6.93. The van der Waals surface area contributed by atoms with Crippen LogP contribution in [0.15, 0.2) is 54.9 Å². The number of aromatic nitrogens is 1. The van der Waals surface area contributed by atoms with E-state index >= 15 is 0 Å². The number of para-hydroxylation sites is 1. The summed E-state index contributed by atoms with van der Waals surface area (Å²) in [7, 11) is 0. The Balaban J connectivity index is 1.57. The summed E-state index contributed by atoms with van der Waals surface area (Å²) in [6.45, 7) is 1.28. The van der Waals surface area contributed by atoms with Gasteiger partial charge in [0.2, 0.25) is 0 Å². The molecule has 114 valence electrons. The lowest BCUT2D eigenvalue weighted by Crippen LogP contribution is -2.41. The number of anilines is 1. The molecular formula is C17H19N3O2. The van der Waals surface area contributed by atoms with Crippen molar-refractivity contribution in [3.05, 3.63) is 54.9 Å². The summed E-state index contributed by atoms with van der Waals surface area (Å²) in [5.41, 5.74) is 0.710. The van der Waals surface area contributed by atoms with Crippen molar-refractivity contribution in [2.75, 3.05) is 18.5 Å². The summed E-state index contributed by atoms with van der Waals surface area (Å²) in [4.78, 5) is 18.2. The van der Waals surface area contributed by atoms with Gasteiger partial charge < -0.3 is 15.0 Å². The van der Waals surface area contributed by atoms with Gasteiger partial charge in [-0.2, -0.15) is 0 Å². The second-order valence-electron chi connectivity index (χ2n) is 5.29. The average molecular weight is 297 g/mol. The zero-order valence-electron chi connectivity index (χ0n) is 12.3. The van der Waals surface area contributed by atoms with E-state index in [4.69, 9.17) is 4.74 Å². The standard InChI is InChI=1S/C17H19N3O2/c21-17(19-14-6-4-10-18-12-14)20-11-5-7-15(20)13-22-16-8-2-1-3-9-16/h1-4,6,8-10,12,15H,5,7,11,13H2,(H,19,21)/t15-/m0/s1. The Morgan fingerprint density at radius 1 is 1.27 bits per heavy atom. The molecule has 1 aromatic carbocycles. The van der Waals surface area contributed by atoms with Crippen molar-refractivity contribution in [2.45, 2.75) is 18.9 Å². The van der Waals surface area contributed by atoms with Gasteiger partial charge in [-0.25, -0.2) is 4.79 Å². The number of nitrogens with one attached hydrogen (secondary N) is 1. The highest BCUT2D eigenvalue weighted by atomic mass is 16.5. The number of carbonyl (C=O) groups is 1. The SMILES string of the molecule is O=C(Nc1cccnc1)N1CCC[C@H]1COc1ccccc1. The van der Waals surface area contributed by atoms with Crippen LogP contribution in [-0.4, -0.2) is 35.1 Å². The molecule has 2 amide bonds. The van der Waals surface area contributed by atoms with Crippen molar-refractivity contribution in [3.8, 4) is 5.75 Å². The minimum atomic E-state index is -0.0906. The molecule has 22 heavy (non-hydrogen) atoms. The fraction of sp³-hybridized carbons (Fsp3) is 0.294. The Bertz CT molecular complexity index is 604. The molecule has 3 rings (SSSR count). The summed E-state index contributed by atoms with van der Waals surface area (Å²) in [5.74, 6) is 0.835. The molecule has 1 aromatic heterocycles. The van der Waals surface area contributed by atoms with E-state index in [-0.39, 0.29) is 12.1 Å². The number of carbonyl (C=O) groups excluding carboxylic acids is 1. The number of hydrogen-bond donors (Lipinski definition) is 1. The second-order valence-corrected chi connectivity index (χ2v) is 5.29. The lowest BCUT2D eigenvalue weighted by Gasteiger charge is -2.25. The van der Waals surface area contributed by atoms with Crippen LogP contribution in [0.4, 0.5) is 10.5 Å². The van der Waals surface area contributed by atoms with Gasteiger partial charge in [0.15, 0.2) is 0 Å². The van der Waals surface area contributed by atoms with Crippen molar-refractivity contribution in [3.63, 3.8) is 0 Å². The van der Waals surface area contributed by atoms with Crippen LogP contribution in [0.25, 0.3) is 0 Å². The van der Waals surface area contributed by atoms with Gasteiger partial charge >= 0.3 is 6.03 Å². The maximum Gasteiger partial charge on any atom is 0.322 e. The Morgan fingerprint density at radius 3 is 2.91 bits per heavy atom. The first-order valence-corrected chi connectivity index (χ1v) is 7.48. The molecular weight excluding hydrogens is 278 g/mol. The van der Waals surface area contributed by atoms with Crippen LogP contribution in [0.5, 0.6) is 5.75 Å². The minimum Gasteiger partial charge on any atom is -0.491 e. The maximum absolute atomic E-state index is 12.4. The average Bonchev–Trinajstić information content (AvgIpc) is 3.03. The monoisotopic (exact) mass is 297 g/mol. The summed E-state index contributed by atoms with van der Waals surface area (Å²) < 4.78 is 5.79. The van der Waals surface area contributed by atoms with Crippen LogP contribution in [0.2, 0.25) is 0 Å². The highest BCUT2D eigenvalue weighted by Crippen LogP contribution is 2.20. The molecule has 0 saturated carbocycles. The first-order chi connectivity index (χ1) is 10.8. The van der Waals surface area contributed by atoms with Gasteiger partial charge in [0.25, 0.3) is 0 Å². The highest BCUT2D eigenvalue weighted by molar-refractivity contribution is 5.89. The maximum atomic E-state index is 12.4. The molecule has 1 atom stereocenters. The van der Waals surface area contributed by atoms with Crippen LogP contribution in [0.1, 0.15) is 12.8 Å². The van der Waals surface area contributed by atoms with Crippen LogP contribution in [0.3, 0.4) is 0 Å². The number of amides is 2. The van der Waals surface area contributed by atoms with Crippen LogP contribution in [-0.2, 0) is 0 Å². The topological polar surface area (TPSA) is 54.5 Å². The van der Waals surface area contributed by atoms with Gasteiger partial charge in [-0.3, -0.25) is 4.98 Å². The third kappa shape index (κ3) is 3.55. The molecule has 0 radical (unpaired) electrons. The molecule has 0 spiro atoms. The van der Waals surface area contributed by atoms with E-state index in [2.05, 4.69) is 10.3 Å². The number of urea groups is 1. The van der Waals surface area contributed by atoms with Gasteiger partial charge in [0.1, 0.15) is 12.4 Å². The molecule has 1 fully saturated rings. The van der Waals surface area contributed by atoms with E-state index in [1.165, 1.54) is 0 Å². The summed E-state index contributed by atoms with van der Waals surface area (Å²) >= 11 is 0. The Morgan fingerprint density at radius 2 is 2.14 bits per heavy atom. The lowest BCUT2D eigenvalue weighted by atomic mass is 10.2. The van der Waals surface area contributed by atoms with Crippen molar-refractivity contribution < 1.29 is 9.53 Å². The predicted molar refractivity (Wildman–Crippen MR) is 84.9 cm³/mol. The third-order valence-corrected chi connectivity index (χ3v) is 3.74. The molecule has 1 N–H and O–H groups in total. The van der Waals surface area contributed by atoms with Crippen LogP contribution < -0.4 is 10.1 Å². The van der Waals surface area contributed by atoms with Gasteiger partial charge in [-0.05, 0) is 37.1 Å². The van der Waals surface area contributed by atoms with E-state index in [1.807, 2.05) is 41.3 Å². The normalized spacial score (nSPS) is 17.3. The Hall–Kier alpha value is -2.56. The number of benzene rings is 1. The number of likely N-dealkylation sites (tertiary alicyclic amines) is 1. The summed E-state index contributed by atoms with van der Waals surface area (Å²) in [6, 6.07) is 13.3. The van der Waals surface area contributed by atoms with Crippen LogP contribution >= 0.6 is 0 Å². The zero-order valence-corrected chi connectivity index (χ0v) is 12.3. The molecule has 2 aromatic rings. The highest BCUT2D eigenvalue weighted by Gasteiger charge is 2.29. The van der Waals surface area contributed by atoms with Crippen molar-refractivity contribution in [1.82, 2.24) is 9.88 Å². The van der Waals surface area contributed by atoms with Crippen LogP contribution in [0, 0.1) is 0 Å². The van der Waals surface area contributed by atoms with Gasteiger partial charge in [0, 0.05) is 12.7 Å². The number of hydrogen-bond acceptors (Lipinski definition) is 3. The van der Waals surface area contributed by atoms with E-state index in [0.717, 1.165) is 25.1 Å². The van der Waals surface area contributed by atoms with E-state index in [1.54, 1.807) is 18.5 Å². The Kier molecular flexibility index (Phi) is 4.53. The first kappa shape index (κ1) is 14.4. The van der Waals surface area contributed by atoms with Gasteiger partial charge in [-0.15, -0.1) is 0 Å².